The molecule has 0 spiro atoms. The third-order valence-electron chi connectivity index (χ3n) is 5.11. The number of ether oxygens (including phenoxy) is 1. The molecule has 0 unspecified atom stereocenters. The lowest BCUT2D eigenvalue weighted by Gasteiger charge is -2.27. The van der Waals surface area contributed by atoms with Crippen molar-refractivity contribution in [2.45, 2.75) is 31.3 Å². The molecule has 3 aromatic rings. The maximum absolute atomic E-state index is 11.8. The summed E-state index contributed by atoms with van der Waals surface area (Å²) in [5, 5.41) is 9.86. The predicted molar refractivity (Wildman–Crippen MR) is 120 cm³/mol. The molecule has 1 aliphatic heterocycles. The summed E-state index contributed by atoms with van der Waals surface area (Å²) in [4.78, 5) is 14.1. The fraction of sp³-hybridized carbons (Fsp3) is 0.348. The average molecular weight is 423 g/mol. The van der Waals surface area contributed by atoms with Gasteiger partial charge in [-0.15, -0.1) is 10.2 Å². The second kappa shape index (κ2) is 9.80. The number of hydrogen-bond donors (Lipinski definition) is 0. The van der Waals surface area contributed by atoms with Crippen molar-refractivity contribution in [1.82, 2.24) is 14.8 Å². The molecule has 156 valence electrons. The van der Waals surface area contributed by atoms with Crippen LogP contribution in [0.15, 0.2) is 59.8 Å². The first kappa shape index (κ1) is 20.5. The number of piperidine rings is 1. The third kappa shape index (κ3) is 4.67. The van der Waals surface area contributed by atoms with Crippen molar-refractivity contribution < 1.29 is 9.53 Å². The Morgan fingerprint density at radius 3 is 2.50 bits per heavy atom. The zero-order valence-electron chi connectivity index (χ0n) is 17.2. The van der Waals surface area contributed by atoms with Gasteiger partial charge in [0.1, 0.15) is 5.75 Å². The van der Waals surface area contributed by atoms with Crippen LogP contribution in [0.25, 0.3) is 5.69 Å². The summed E-state index contributed by atoms with van der Waals surface area (Å²) < 4.78 is 8.02. The van der Waals surface area contributed by atoms with E-state index in [1.165, 1.54) is 19.3 Å². The molecule has 0 radical (unpaired) electrons. The normalized spacial score (nSPS) is 14.0. The SMILES string of the molecule is CC(=O)c1ccccc1OCCSc1nnc(N2CCCCC2)n1-c1ccccc1. The van der Waals surface area contributed by atoms with Gasteiger partial charge in [-0.1, -0.05) is 42.1 Å². The van der Waals surface area contributed by atoms with E-state index in [-0.39, 0.29) is 5.78 Å². The Morgan fingerprint density at radius 2 is 1.73 bits per heavy atom. The summed E-state index contributed by atoms with van der Waals surface area (Å²) in [5.41, 5.74) is 1.68. The molecule has 4 rings (SSSR count). The molecule has 1 saturated heterocycles. The van der Waals surface area contributed by atoms with Gasteiger partial charge in [0.05, 0.1) is 17.9 Å². The van der Waals surface area contributed by atoms with Crippen molar-refractivity contribution in [3.8, 4) is 11.4 Å². The number of nitrogens with zero attached hydrogens (tertiary/aromatic N) is 4. The van der Waals surface area contributed by atoms with Crippen molar-refractivity contribution in [1.29, 1.82) is 0 Å². The van der Waals surface area contributed by atoms with Crippen LogP contribution in [0.4, 0.5) is 5.95 Å². The molecule has 2 aromatic carbocycles. The Hall–Kier alpha value is -2.80. The number of anilines is 1. The summed E-state index contributed by atoms with van der Waals surface area (Å²) >= 11 is 1.61. The minimum absolute atomic E-state index is 0.00764. The smallest absolute Gasteiger partial charge is 0.232 e. The summed E-state index contributed by atoms with van der Waals surface area (Å²) in [6, 6.07) is 17.6. The number of ketones is 1. The van der Waals surface area contributed by atoms with E-state index in [1.54, 1.807) is 24.8 Å². The Balaban J connectivity index is 1.48. The van der Waals surface area contributed by atoms with Crippen molar-refractivity contribution in [2.24, 2.45) is 0 Å². The second-order valence-corrected chi connectivity index (χ2v) is 8.31. The number of thioether (sulfide) groups is 1. The van der Waals surface area contributed by atoms with Gasteiger partial charge in [0, 0.05) is 18.8 Å². The minimum atomic E-state index is 0.00764. The van der Waals surface area contributed by atoms with Gasteiger partial charge < -0.3 is 9.64 Å². The molecule has 0 saturated carbocycles. The van der Waals surface area contributed by atoms with E-state index >= 15 is 0 Å². The lowest BCUT2D eigenvalue weighted by atomic mass is 10.1. The number of carbonyl (C=O) groups excluding carboxylic acids is 1. The monoisotopic (exact) mass is 422 g/mol. The highest BCUT2D eigenvalue weighted by atomic mass is 32.2. The molecule has 0 bridgehead atoms. The highest BCUT2D eigenvalue weighted by molar-refractivity contribution is 7.99. The third-order valence-corrected chi connectivity index (χ3v) is 6.00. The number of Topliss-reactive ketones (excluding diaryl/α,β-unsaturated/α-hetero) is 1. The van der Waals surface area contributed by atoms with Crippen LogP contribution in [0.3, 0.4) is 0 Å². The van der Waals surface area contributed by atoms with Crippen LogP contribution in [0.5, 0.6) is 5.75 Å². The zero-order valence-corrected chi connectivity index (χ0v) is 18.0. The van der Waals surface area contributed by atoms with E-state index in [4.69, 9.17) is 4.74 Å². The van der Waals surface area contributed by atoms with E-state index in [0.717, 1.165) is 29.9 Å². The van der Waals surface area contributed by atoms with E-state index in [1.807, 2.05) is 36.4 Å². The quantitative estimate of drug-likeness (QED) is 0.300. The Kier molecular flexibility index (Phi) is 6.69. The minimum Gasteiger partial charge on any atom is -0.492 e. The summed E-state index contributed by atoms with van der Waals surface area (Å²) in [6.07, 6.45) is 3.65. The first-order valence-electron chi connectivity index (χ1n) is 10.4. The van der Waals surface area contributed by atoms with Gasteiger partial charge in [0.15, 0.2) is 10.9 Å². The predicted octanol–water partition coefficient (Wildman–Crippen LogP) is 4.63. The van der Waals surface area contributed by atoms with Crippen molar-refractivity contribution >= 4 is 23.5 Å². The molecule has 0 amide bonds. The number of carbonyl (C=O) groups is 1. The van der Waals surface area contributed by atoms with Gasteiger partial charge >= 0.3 is 0 Å². The van der Waals surface area contributed by atoms with Crippen molar-refractivity contribution in [3.63, 3.8) is 0 Å². The van der Waals surface area contributed by atoms with Crippen LogP contribution in [0.2, 0.25) is 0 Å². The molecule has 0 N–H and O–H groups in total. The van der Waals surface area contributed by atoms with E-state index < -0.39 is 0 Å². The Morgan fingerprint density at radius 1 is 1.00 bits per heavy atom. The Labute approximate surface area is 181 Å². The molecule has 1 aliphatic rings. The van der Waals surface area contributed by atoms with Gasteiger partial charge in [0.25, 0.3) is 0 Å². The standard InChI is InChI=1S/C23H26N4O2S/c1-18(28)20-12-6-7-13-21(20)29-16-17-30-23-25-24-22(26-14-8-3-9-15-26)27(23)19-10-4-2-5-11-19/h2,4-7,10-13H,3,8-9,14-17H2,1H3. The topological polar surface area (TPSA) is 60.2 Å². The molecular weight excluding hydrogens is 396 g/mol. The van der Waals surface area contributed by atoms with Crippen LogP contribution in [-0.2, 0) is 0 Å². The molecule has 1 aromatic heterocycles. The number of rotatable bonds is 8. The zero-order chi connectivity index (χ0) is 20.8. The lowest BCUT2D eigenvalue weighted by molar-refractivity contribution is 0.101. The van der Waals surface area contributed by atoms with E-state index in [0.29, 0.717) is 23.7 Å². The molecule has 6 nitrogen and oxygen atoms in total. The largest absolute Gasteiger partial charge is 0.492 e. The highest BCUT2D eigenvalue weighted by Gasteiger charge is 2.21. The van der Waals surface area contributed by atoms with Gasteiger partial charge in [-0.3, -0.25) is 9.36 Å². The van der Waals surface area contributed by atoms with Gasteiger partial charge in [-0.05, 0) is 50.5 Å². The molecule has 0 aliphatic carbocycles. The van der Waals surface area contributed by atoms with Crippen molar-refractivity contribution in [2.75, 3.05) is 30.3 Å². The Bertz CT molecular complexity index is 984. The number of benzene rings is 2. The van der Waals surface area contributed by atoms with Crippen LogP contribution < -0.4 is 9.64 Å². The van der Waals surface area contributed by atoms with E-state index in [9.17, 15) is 4.79 Å². The lowest BCUT2D eigenvalue weighted by Crippen LogP contribution is -2.31. The van der Waals surface area contributed by atoms with E-state index in [2.05, 4.69) is 31.8 Å². The molecule has 7 heteroatoms. The molecule has 1 fully saturated rings. The maximum atomic E-state index is 11.8. The van der Waals surface area contributed by atoms with Crippen molar-refractivity contribution in [3.05, 3.63) is 60.2 Å². The first-order valence-corrected chi connectivity index (χ1v) is 11.3. The molecule has 0 atom stereocenters. The van der Waals surface area contributed by atoms with Gasteiger partial charge in [-0.2, -0.15) is 0 Å². The average Bonchev–Trinajstić information content (AvgIpc) is 3.22. The van der Waals surface area contributed by atoms with Crippen LogP contribution in [0.1, 0.15) is 36.5 Å². The fourth-order valence-corrected chi connectivity index (χ4v) is 4.39. The second-order valence-electron chi connectivity index (χ2n) is 7.25. The fourth-order valence-electron chi connectivity index (χ4n) is 3.63. The molecule has 2 heterocycles. The summed E-state index contributed by atoms with van der Waals surface area (Å²) in [6.45, 7) is 4.07. The van der Waals surface area contributed by atoms with Crippen LogP contribution in [0, 0.1) is 0 Å². The molecule has 30 heavy (non-hydrogen) atoms. The number of para-hydroxylation sites is 2. The first-order chi connectivity index (χ1) is 14.7. The van der Waals surface area contributed by atoms with Gasteiger partial charge in [0.2, 0.25) is 5.95 Å². The highest BCUT2D eigenvalue weighted by Crippen LogP contribution is 2.28. The van der Waals surface area contributed by atoms with Crippen LogP contribution in [-0.4, -0.2) is 46.0 Å². The van der Waals surface area contributed by atoms with Crippen LogP contribution >= 0.6 is 11.8 Å². The maximum Gasteiger partial charge on any atom is 0.232 e. The molecular formula is C23H26N4O2S. The van der Waals surface area contributed by atoms with Gasteiger partial charge in [-0.25, -0.2) is 0 Å². The summed E-state index contributed by atoms with van der Waals surface area (Å²) in [7, 11) is 0. The summed E-state index contributed by atoms with van der Waals surface area (Å²) in [5.74, 6) is 2.25. The number of aromatic nitrogens is 3. The number of hydrogen-bond acceptors (Lipinski definition) is 6.